The molecule has 1 aromatic carbocycles. The lowest BCUT2D eigenvalue weighted by atomic mass is 10.2. The van der Waals surface area contributed by atoms with Gasteiger partial charge in [-0.2, -0.15) is 0 Å². The van der Waals surface area contributed by atoms with E-state index >= 15 is 0 Å². The van der Waals surface area contributed by atoms with Crippen molar-refractivity contribution in [1.29, 1.82) is 0 Å². The van der Waals surface area contributed by atoms with E-state index in [1.165, 1.54) is 6.92 Å². The van der Waals surface area contributed by atoms with Crippen molar-refractivity contribution < 1.29 is 19.4 Å². The van der Waals surface area contributed by atoms with Crippen LogP contribution >= 0.6 is 11.6 Å². The van der Waals surface area contributed by atoms with Gasteiger partial charge in [-0.1, -0.05) is 17.7 Å². The highest BCUT2D eigenvalue weighted by Crippen LogP contribution is 2.24. The Kier molecular flexibility index (Phi) is 4.97. The molecule has 0 saturated carbocycles. The van der Waals surface area contributed by atoms with Gasteiger partial charge in [-0.25, -0.2) is 0 Å². The van der Waals surface area contributed by atoms with Gasteiger partial charge in [0.25, 0.3) is 5.91 Å². The number of hydrogen-bond donors (Lipinski definition) is 2. The molecule has 1 aromatic rings. The quantitative estimate of drug-likeness (QED) is 0.853. The Hall–Kier alpha value is -1.75. The van der Waals surface area contributed by atoms with Gasteiger partial charge in [-0.3, -0.25) is 9.59 Å². The molecular weight excluding hydrogens is 258 g/mol. The van der Waals surface area contributed by atoms with Gasteiger partial charge in [0.2, 0.25) is 0 Å². The van der Waals surface area contributed by atoms with Crippen LogP contribution in [0.2, 0.25) is 5.02 Å². The minimum absolute atomic E-state index is 0.277. The third kappa shape index (κ3) is 4.25. The van der Waals surface area contributed by atoms with E-state index in [1.54, 1.807) is 12.1 Å². The fourth-order valence-corrected chi connectivity index (χ4v) is 1.38. The van der Waals surface area contributed by atoms with Gasteiger partial charge >= 0.3 is 5.97 Å². The zero-order chi connectivity index (χ0) is 13.7. The highest BCUT2D eigenvalue weighted by atomic mass is 35.5. The lowest BCUT2D eigenvalue weighted by molar-refractivity contribution is -0.141. The molecule has 0 saturated heterocycles. The summed E-state index contributed by atoms with van der Waals surface area (Å²) in [7, 11) is 0. The number of carboxylic acids is 1. The number of aryl methyl sites for hydroxylation is 1. The number of benzene rings is 1. The monoisotopic (exact) mass is 271 g/mol. The van der Waals surface area contributed by atoms with E-state index in [0.717, 1.165) is 5.56 Å². The van der Waals surface area contributed by atoms with Crippen LogP contribution in [0.5, 0.6) is 5.75 Å². The van der Waals surface area contributed by atoms with Gasteiger partial charge in [-0.15, -0.1) is 0 Å². The molecule has 0 radical (unpaired) electrons. The summed E-state index contributed by atoms with van der Waals surface area (Å²) >= 11 is 5.89. The van der Waals surface area contributed by atoms with Crippen molar-refractivity contribution in [2.75, 3.05) is 6.61 Å². The second-order valence-electron chi connectivity index (χ2n) is 3.85. The minimum Gasteiger partial charge on any atom is -0.482 e. The van der Waals surface area contributed by atoms with Crippen LogP contribution in [-0.2, 0) is 9.59 Å². The molecule has 98 valence electrons. The molecule has 5 nitrogen and oxygen atoms in total. The first-order valence-corrected chi connectivity index (χ1v) is 5.69. The minimum atomic E-state index is -1.10. The smallest absolute Gasteiger partial charge is 0.325 e. The normalized spacial score (nSPS) is 11.7. The number of hydrogen-bond acceptors (Lipinski definition) is 3. The van der Waals surface area contributed by atoms with Gasteiger partial charge in [0.1, 0.15) is 11.8 Å². The number of rotatable bonds is 5. The van der Waals surface area contributed by atoms with E-state index in [-0.39, 0.29) is 6.61 Å². The number of halogens is 1. The molecule has 6 heteroatoms. The molecule has 0 heterocycles. The summed E-state index contributed by atoms with van der Waals surface area (Å²) < 4.78 is 5.22. The van der Waals surface area contributed by atoms with Crippen LogP contribution in [0.3, 0.4) is 0 Å². The van der Waals surface area contributed by atoms with Gasteiger partial charge in [0.05, 0.1) is 5.02 Å². The predicted molar refractivity (Wildman–Crippen MR) is 66.9 cm³/mol. The molecule has 0 aliphatic heterocycles. The van der Waals surface area contributed by atoms with Gasteiger partial charge < -0.3 is 15.2 Å². The van der Waals surface area contributed by atoms with E-state index in [4.69, 9.17) is 21.4 Å². The zero-order valence-electron chi connectivity index (χ0n) is 10.1. The maximum Gasteiger partial charge on any atom is 0.325 e. The zero-order valence-corrected chi connectivity index (χ0v) is 10.8. The first-order chi connectivity index (χ1) is 8.40. The summed E-state index contributed by atoms with van der Waals surface area (Å²) in [5.74, 6) is -1.21. The Morgan fingerprint density at radius 1 is 1.50 bits per heavy atom. The average molecular weight is 272 g/mol. The maximum absolute atomic E-state index is 11.4. The Bertz CT molecular complexity index is 461. The van der Waals surface area contributed by atoms with Crippen molar-refractivity contribution in [3.63, 3.8) is 0 Å². The molecule has 18 heavy (non-hydrogen) atoms. The summed E-state index contributed by atoms with van der Waals surface area (Å²) in [6.07, 6.45) is 0. The van der Waals surface area contributed by atoms with Crippen molar-refractivity contribution in [1.82, 2.24) is 5.32 Å². The van der Waals surface area contributed by atoms with E-state index in [2.05, 4.69) is 5.32 Å². The third-order valence-electron chi connectivity index (χ3n) is 2.19. The van der Waals surface area contributed by atoms with Gasteiger partial charge in [0, 0.05) is 0 Å². The van der Waals surface area contributed by atoms with Crippen LogP contribution in [0.4, 0.5) is 0 Å². The summed E-state index contributed by atoms with van der Waals surface area (Å²) in [4.78, 5) is 21.9. The summed E-state index contributed by atoms with van der Waals surface area (Å²) in [6.45, 7) is 2.97. The first kappa shape index (κ1) is 14.3. The summed E-state index contributed by atoms with van der Waals surface area (Å²) in [6, 6.07) is 4.25. The fraction of sp³-hybridized carbons (Fsp3) is 0.333. The predicted octanol–water partition coefficient (Wildman–Crippen LogP) is 1.62. The van der Waals surface area contributed by atoms with E-state index < -0.39 is 17.9 Å². The number of aliphatic carboxylic acids is 1. The molecule has 0 aliphatic rings. The van der Waals surface area contributed by atoms with Crippen LogP contribution in [0.25, 0.3) is 0 Å². The average Bonchev–Trinajstić information content (AvgIpc) is 2.30. The maximum atomic E-state index is 11.4. The molecule has 0 aromatic heterocycles. The van der Waals surface area contributed by atoms with Crippen LogP contribution in [0, 0.1) is 6.92 Å². The molecule has 1 atom stereocenters. The molecule has 0 aliphatic carbocycles. The number of carbonyl (C=O) groups is 2. The van der Waals surface area contributed by atoms with Crippen molar-refractivity contribution in [2.45, 2.75) is 19.9 Å². The van der Waals surface area contributed by atoms with E-state index in [1.807, 2.05) is 13.0 Å². The van der Waals surface area contributed by atoms with Crippen LogP contribution < -0.4 is 10.1 Å². The van der Waals surface area contributed by atoms with Crippen molar-refractivity contribution in [3.05, 3.63) is 28.8 Å². The first-order valence-electron chi connectivity index (χ1n) is 5.31. The summed E-state index contributed by atoms with van der Waals surface area (Å²) in [5.41, 5.74) is 0.953. The molecule has 1 amide bonds. The second-order valence-corrected chi connectivity index (χ2v) is 4.26. The Balaban J connectivity index is 2.52. The SMILES string of the molecule is Cc1ccc(Cl)c(OCC(=O)NC(C)C(=O)O)c1. The molecule has 0 spiro atoms. The van der Waals surface area contributed by atoms with Gasteiger partial charge in [0.15, 0.2) is 6.61 Å². The Morgan fingerprint density at radius 3 is 2.78 bits per heavy atom. The van der Waals surface area contributed by atoms with Gasteiger partial charge in [-0.05, 0) is 31.5 Å². The van der Waals surface area contributed by atoms with Crippen molar-refractivity contribution >= 4 is 23.5 Å². The van der Waals surface area contributed by atoms with Crippen molar-refractivity contribution in [2.24, 2.45) is 0 Å². The highest BCUT2D eigenvalue weighted by molar-refractivity contribution is 6.32. The second kappa shape index (κ2) is 6.26. The topological polar surface area (TPSA) is 75.6 Å². The Morgan fingerprint density at radius 2 is 2.17 bits per heavy atom. The lowest BCUT2D eigenvalue weighted by Crippen LogP contribution is -2.40. The molecular formula is C12H14ClNO4. The largest absolute Gasteiger partial charge is 0.482 e. The number of carbonyl (C=O) groups excluding carboxylic acids is 1. The summed E-state index contributed by atoms with van der Waals surface area (Å²) in [5, 5.41) is 11.3. The number of carboxylic acid groups (broad SMARTS) is 1. The van der Waals surface area contributed by atoms with E-state index in [0.29, 0.717) is 10.8 Å². The van der Waals surface area contributed by atoms with Crippen LogP contribution in [-0.4, -0.2) is 29.6 Å². The van der Waals surface area contributed by atoms with Crippen LogP contribution in [0.15, 0.2) is 18.2 Å². The Labute approximate surface area is 110 Å². The third-order valence-corrected chi connectivity index (χ3v) is 2.51. The molecule has 2 N–H and O–H groups in total. The number of nitrogens with one attached hydrogen (secondary N) is 1. The fourth-order valence-electron chi connectivity index (χ4n) is 1.21. The number of ether oxygens (including phenoxy) is 1. The molecule has 1 unspecified atom stereocenters. The molecule has 0 bridgehead atoms. The number of amides is 1. The van der Waals surface area contributed by atoms with Crippen molar-refractivity contribution in [3.8, 4) is 5.75 Å². The van der Waals surface area contributed by atoms with E-state index in [9.17, 15) is 9.59 Å². The molecule has 1 rings (SSSR count). The standard InChI is InChI=1S/C12H14ClNO4/c1-7-3-4-9(13)10(5-7)18-6-11(15)14-8(2)12(16)17/h3-5,8H,6H2,1-2H3,(H,14,15)(H,16,17). The van der Waals surface area contributed by atoms with Crippen LogP contribution in [0.1, 0.15) is 12.5 Å². The lowest BCUT2D eigenvalue weighted by Gasteiger charge is -2.11. The molecule has 0 fully saturated rings. The highest BCUT2D eigenvalue weighted by Gasteiger charge is 2.14.